The standard InChI is InChI=1S/C16H19N3O2S/c1-20-10-6-7-11(13(9-10)21-2)14-12-5-3-4-8-17-15(12)19-16(22)18-14/h6-7,9H,3-5,8H2,1-2H3,(H2,17,18,19,22). The molecule has 0 spiro atoms. The maximum Gasteiger partial charge on any atom is 0.199 e. The predicted octanol–water partition coefficient (Wildman–Crippen LogP) is 3.57. The van der Waals surface area contributed by atoms with Gasteiger partial charge >= 0.3 is 0 Å². The maximum absolute atomic E-state index is 5.53. The molecule has 1 aliphatic heterocycles. The maximum atomic E-state index is 5.53. The number of anilines is 1. The number of H-pyrrole nitrogens is 1. The van der Waals surface area contributed by atoms with Gasteiger partial charge in [-0.15, -0.1) is 0 Å². The Labute approximate surface area is 134 Å². The highest BCUT2D eigenvalue weighted by Crippen LogP contribution is 2.36. The summed E-state index contributed by atoms with van der Waals surface area (Å²) in [5.74, 6) is 2.40. The normalized spacial score (nSPS) is 13.7. The number of hydrogen-bond donors (Lipinski definition) is 2. The average Bonchev–Trinajstić information content (AvgIpc) is 2.78. The van der Waals surface area contributed by atoms with Gasteiger partial charge in [-0.1, -0.05) is 0 Å². The van der Waals surface area contributed by atoms with Gasteiger partial charge in [0.1, 0.15) is 17.3 Å². The highest BCUT2D eigenvalue weighted by molar-refractivity contribution is 7.71. The molecule has 1 aliphatic rings. The molecular weight excluding hydrogens is 298 g/mol. The monoisotopic (exact) mass is 317 g/mol. The second-order valence-corrected chi connectivity index (χ2v) is 5.58. The van der Waals surface area contributed by atoms with Crippen LogP contribution in [0.3, 0.4) is 0 Å². The van der Waals surface area contributed by atoms with Gasteiger partial charge in [0, 0.05) is 23.7 Å². The fourth-order valence-corrected chi connectivity index (χ4v) is 2.95. The van der Waals surface area contributed by atoms with E-state index < -0.39 is 0 Å². The van der Waals surface area contributed by atoms with E-state index in [1.165, 1.54) is 0 Å². The summed E-state index contributed by atoms with van der Waals surface area (Å²) in [5.41, 5.74) is 3.11. The van der Waals surface area contributed by atoms with Gasteiger partial charge in [0.05, 0.1) is 19.9 Å². The van der Waals surface area contributed by atoms with Crippen LogP contribution in [-0.4, -0.2) is 30.7 Å². The van der Waals surface area contributed by atoms with Crippen LogP contribution in [0.1, 0.15) is 18.4 Å². The van der Waals surface area contributed by atoms with Crippen molar-refractivity contribution in [3.8, 4) is 22.8 Å². The van der Waals surface area contributed by atoms with Gasteiger partial charge < -0.3 is 19.8 Å². The molecule has 0 atom stereocenters. The van der Waals surface area contributed by atoms with Crippen molar-refractivity contribution in [1.82, 2.24) is 9.97 Å². The quantitative estimate of drug-likeness (QED) is 0.848. The second-order valence-electron chi connectivity index (χ2n) is 5.19. The van der Waals surface area contributed by atoms with Crippen molar-refractivity contribution >= 4 is 18.0 Å². The summed E-state index contributed by atoms with van der Waals surface area (Å²) >= 11 is 5.29. The Bertz CT molecular complexity index is 743. The third kappa shape index (κ3) is 2.78. The van der Waals surface area contributed by atoms with Crippen LogP contribution in [0, 0.1) is 4.77 Å². The molecule has 22 heavy (non-hydrogen) atoms. The van der Waals surface area contributed by atoms with Crippen LogP contribution < -0.4 is 14.8 Å². The topological polar surface area (TPSA) is 59.2 Å². The van der Waals surface area contributed by atoms with E-state index in [4.69, 9.17) is 21.7 Å². The molecule has 2 aromatic rings. The van der Waals surface area contributed by atoms with E-state index >= 15 is 0 Å². The average molecular weight is 317 g/mol. The Balaban J connectivity index is 2.20. The summed E-state index contributed by atoms with van der Waals surface area (Å²) in [6.07, 6.45) is 3.21. The molecule has 0 saturated carbocycles. The molecule has 0 amide bonds. The Morgan fingerprint density at radius 1 is 1.18 bits per heavy atom. The van der Waals surface area contributed by atoms with E-state index in [0.29, 0.717) is 4.77 Å². The summed E-state index contributed by atoms with van der Waals surface area (Å²) in [5, 5.41) is 3.37. The van der Waals surface area contributed by atoms with Crippen LogP contribution in [-0.2, 0) is 6.42 Å². The molecule has 3 rings (SSSR count). The fourth-order valence-electron chi connectivity index (χ4n) is 2.76. The molecule has 2 N–H and O–H groups in total. The second kappa shape index (κ2) is 6.36. The molecule has 116 valence electrons. The van der Waals surface area contributed by atoms with Crippen molar-refractivity contribution in [2.45, 2.75) is 19.3 Å². The Morgan fingerprint density at radius 3 is 2.82 bits per heavy atom. The number of methoxy groups -OCH3 is 2. The van der Waals surface area contributed by atoms with Crippen LogP contribution in [0.5, 0.6) is 11.5 Å². The molecule has 0 radical (unpaired) electrons. The van der Waals surface area contributed by atoms with E-state index in [1.54, 1.807) is 14.2 Å². The Morgan fingerprint density at radius 2 is 2.05 bits per heavy atom. The highest BCUT2D eigenvalue weighted by atomic mass is 32.1. The molecule has 6 heteroatoms. The fraction of sp³-hybridized carbons (Fsp3) is 0.375. The lowest BCUT2D eigenvalue weighted by atomic mass is 10.0. The number of aromatic nitrogens is 2. The SMILES string of the molecule is COc1ccc(-c2[nH]c(=S)nc3c2CCCCN3)c(OC)c1. The highest BCUT2D eigenvalue weighted by Gasteiger charge is 2.18. The molecule has 0 saturated heterocycles. The number of benzene rings is 1. The van der Waals surface area contributed by atoms with Crippen LogP contribution in [0.15, 0.2) is 18.2 Å². The Hall–Kier alpha value is -2.08. The first-order valence-corrected chi connectivity index (χ1v) is 7.73. The van der Waals surface area contributed by atoms with Gasteiger partial charge in [0.15, 0.2) is 4.77 Å². The minimum atomic E-state index is 0.473. The first-order valence-electron chi connectivity index (χ1n) is 7.32. The number of hydrogen-bond acceptors (Lipinski definition) is 5. The van der Waals surface area contributed by atoms with Crippen molar-refractivity contribution in [3.05, 3.63) is 28.5 Å². The van der Waals surface area contributed by atoms with Crippen molar-refractivity contribution in [3.63, 3.8) is 0 Å². The minimum absolute atomic E-state index is 0.473. The van der Waals surface area contributed by atoms with Crippen LogP contribution in [0.4, 0.5) is 5.82 Å². The van der Waals surface area contributed by atoms with Gasteiger partial charge in [-0.3, -0.25) is 0 Å². The van der Waals surface area contributed by atoms with E-state index in [-0.39, 0.29) is 0 Å². The van der Waals surface area contributed by atoms with Gasteiger partial charge in [-0.25, -0.2) is 4.98 Å². The minimum Gasteiger partial charge on any atom is -0.497 e. The summed E-state index contributed by atoms with van der Waals surface area (Å²) in [6.45, 7) is 0.929. The lowest BCUT2D eigenvalue weighted by molar-refractivity contribution is 0.395. The molecule has 1 aromatic carbocycles. The number of nitrogens with zero attached hydrogens (tertiary/aromatic N) is 1. The van der Waals surface area contributed by atoms with Crippen molar-refractivity contribution in [2.24, 2.45) is 0 Å². The molecule has 2 heterocycles. The van der Waals surface area contributed by atoms with Crippen molar-refractivity contribution in [1.29, 1.82) is 0 Å². The smallest absolute Gasteiger partial charge is 0.199 e. The lowest BCUT2D eigenvalue weighted by Gasteiger charge is -2.15. The van der Waals surface area contributed by atoms with Crippen LogP contribution >= 0.6 is 12.2 Å². The third-order valence-corrected chi connectivity index (χ3v) is 4.05. The lowest BCUT2D eigenvalue weighted by Crippen LogP contribution is -2.05. The van der Waals surface area contributed by atoms with Crippen molar-refractivity contribution < 1.29 is 9.47 Å². The number of aromatic amines is 1. The first kappa shape index (κ1) is 14.8. The van der Waals surface area contributed by atoms with Gasteiger partial charge in [-0.05, 0) is 43.6 Å². The molecule has 1 aromatic heterocycles. The van der Waals surface area contributed by atoms with E-state index in [2.05, 4.69) is 15.3 Å². The van der Waals surface area contributed by atoms with E-state index in [0.717, 1.165) is 59.9 Å². The first-order chi connectivity index (χ1) is 10.7. The molecule has 0 fully saturated rings. The zero-order valence-electron chi connectivity index (χ0n) is 12.7. The summed E-state index contributed by atoms with van der Waals surface area (Å²) in [7, 11) is 3.30. The molecule has 0 unspecified atom stereocenters. The van der Waals surface area contributed by atoms with Crippen LogP contribution in [0.2, 0.25) is 0 Å². The van der Waals surface area contributed by atoms with Crippen LogP contribution in [0.25, 0.3) is 11.3 Å². The third-order valence-electron chi connectivity index (χ3n) is 3.86. The molecule has 0 bridgehead atoms. The molecule has 5 nitrogen and oxygen atoms in total. The number of ether oxygens (including phenoxy) is 2. The van der Waals surface area contributed by atoms with Gasteiger partial charge in [0.2, 0.25) is 0 Å². The zero-order valence-corrected chi connectivity index (χ0v) is 13.5. The summed E-state index contributed by atoms with van der Waals surface area (Å²) < 4.78 is 11.3. The molecule has 0 aliphatic carbocycles. The van der Waals surface area contributed by atoms with E-state index in [9.17, 15) is 0 Å². The van der Waals surface area contributed by atoms with Gasteiger partial charge in [0.25, 0.3) is 0 Å². The molecular formula is C16H19N3O2S. The zero-order chi connectivity index (χ0) is 15.5. The van der Waals surface area contributed by atoms with Crippen molar-refractivity contribution in [2.75, 3.05) is 26.1 Å². The largest absolute Gasteiger partial charge is 0.497 e. The van der Waals surface area contributed by atoms with E-state index in [1.807, 2.05) is 18.2 Å². The summed E-state index contributed by atoms with van der Waals surface area (Å²) in [6, 6.07) is 5.79. The number of fused-ring (bicyclic) bond motifs is 1. The number of rotatable bonds is 3. The predicted molar refractivity (Wildman–Crippen MR) is 89.4 cm³/mol. The Kier molecular flexibility index (Phi) is 4.29. The van der Waals surface area contributed by atoms with Gasteiger partial charge in [-0.2, -0.15) is 0 Å². The summed E-state index contributed by atoms with van der Waals surface area (Å²) in [4.78, 5) is 7.67. The number of nitrogens with one attached hydrogen (secondary N) is 2.